The van der Waals surface area contributed by atoms with E-state index in [1.807, 2.05) is 0 Å². The van der Waals surface area contributed by atoms with Gasteiger partial charge in [0.25, 0.3) is 0 Å². The molecule has 0 spiro atoms. The maximum absolute atomic E-state index is 12.3. The van der Waals surface area contributed by atoms with Crippen molar-refractivity contribution in [1.82, 2.24) is 4.72 Å². The molecule has 2 N–H and O–H groups in total. The fraction of sp³-hybridized carbons (Fsp3) is 0.615. The van der Waals surface area contributed by atoms with Crippen LogP contribution in [0.25, 0.3) is 0 Å². The molecule has 0 radical (unpaired) electrons. The molecule has 1 aromatic heterocycles. The summed E-state index contributed by atoms with van der Waals surface area (Å²) in [5.41, 5.74) is 0.245. The number of carboxylic acid groups (broad SMARTS) is 1. The zero-order valence-electron chi connectivity index (χ0n) is 11.8. The van der Waals surface area contributed by atoms with Crippen LogP contribution in [-0.2, 0) is 10.0 Å². The van der Waals surface area contributed by atoms with Crippen LogP contribution in [0.4, 0.5) is 0 Å². The molecule has 2 rings (SSSR count). The number of hydrogen-bond acceptors (Lipinski definition) is 4. The Labute approximate surface area is 132 Å². The summed E-state index contributed by atoms with van der Waals surface area (Å²) < 4.78 is 32.1. The minimum absolute atomic E-state index is 0.0939. The smallest absolute Gasteiger partial charge is 0.371 e. The van der Waals surface area contributed by atoms with Gasteiger partial charge in [-0.1, -0.05) is 13.8 Å². The molecule has 21 heavy (non-hydrogen) atoms. The van der Waals surface area contributed by atoms with E-state index in [9.17, 15) is 13.2 Å². The minimum Gasteiger partial charge on any atom is -0.475 e. The van der Waals surface area contributed by atoms with Crippen LogP contribution in [0.1, 0.15) is 50.1 Å². The van der Waals surface area contributed by atoms with Crippen LogP contribution in [-0.4, -0.2) is 25.5 Å². The zero-order valence-corrected chi connectivity index (χ0v) is 14.3. The zero-order chi connectivity index (χ0) is 15.8. The molecule has 1 heterocycles. The molecular formula is C13H18BrNO5S. The van der Waals surface area contributed by atoms with Gasteiger partial charge in [0.15, 0.2) is 4.67 Å². The largest absolute Gasteiger partial charge is 0.475 e. The first kappa shape index (κ1) is 16.5. The normalized spacial score (nSPS) is 19.6. The van der Waals surface area contributed by atoms with Crippen molar-refractivity contribution in [2.75, 3.05) is 0 Å². The number of furan rings is 1. The lowest BCUT2D eigenvalue weighted by Gasteiger charge is -2.34. The second-order valence-corrected chi connectivity index (χ2v) is 8.52. The first-order valence-electron chi connectivity index (χ1n) is 6.66. The van der Waals surface area contributed by atoms with E-state index in [-0.39, 0.29) is 21.0 Å². The average molecular weight is 380 g/mol. The molecule has 0 atom stereocenters. The van der Waals surface area contributed by atoms with Crippen molar-refractivity contribution >= 4 is 31.9 Å². The molecule has 0 bridgehead atoms. The molecule has 1 fully saturated rings. The summed E-state index contributed by atoms with van der Waals surface area (Å²) in [6.45, 7) is 4.34. The van der Waals surface area contributed by atoms with Crippen LogP contribution in [0.15, 0.2) is 20.0 Å². The van der Waals surface area contributed by atoms with E-state index < -0.39 is 21.8 Å². The number of rotatable bonds is 4. The summed E-state index contributed by atoms with van der Waals surface area (Å²) in [5, 5.41) is 8.84. The maximum Gasteiger partial charge on any atom is 0.371 e. The topological polar surface area (TPSA) is 96.6 Å². The Morgan fingerprint density at radius 1 is 1.43 bits per heavy atom. The third kappa shape index (κ3) is 3.87. The van der Waals surface area contributed by atoms with E-state index in [4.69, 9.17) is 9.52 Å². The third-order valence-electron chi connectivity index (χ3n) is 3.82. The molecule has 1 aliphatic carbocycles. The molecule has 1 aliphatic rings. The quantitative estimate of drug-likeness (QED) is 0.837. The van der Waals surface area contributed by atoms with E-state index in [0.717, 1.165) is 31.7 Å². The highest BCUT2D eigenvalue weighted by Gasteiger charge is 2.31. The number of halogens is 1. The lowest BCUT2D eigenvalue weighted by Crippen LogP contribution is -2.39. The predicted molar refractivity (Wildman–Crippen MR) is 79.7 cm³/mol. The predicted octanol–water partition coefficient (Wildman–Crippen LogP) is 2.99. The molecule has 0 aromatic carbocycles. The first-order chi connectivity index (χ1) is 9.61. The van der Waals surface area contributed by atoms with Gasteiger partial charge in [0.1, 0.15) is 4.90 Å². The molecular weight excluding hydrogens is 362 g/mol. The maximum atomic E-state index is 12.3. The number of sulfonamides is 1. The molecule has 0 saturated heterocycles. The van der Waals surface area contributed by atoms with E-state index in [1.54, 1.807) is 0 Å². The van der Waals surface area contributed by atoms with Gasteiger partial charge in [-0.3, -0.25) is 0 Å². The average Bonchev–Trinajstić information content (AvgIpc) is 2.75. The van der Waals surface area contributed by atoms with Crippen LogP contribution in [0.5, 0.6) is 0 Å². The molecule has 1 saturated carbocycles. The van der Waals surface area contributed by atoms with Gasteiger partial charge in [-0.15, -0.1) is 0 Å². The Hall–Kier alpha value is -0.860. The molecule has 8 heteroatoms. The van der Waals surface area contributed by atoms with Crippen molar-refractivity contribution in [3.8, 4) is 0 Å². The molecule has 118 valence electrons. The van der Waals surface area contributed by atoms with Crippen LogP contribution >= 0.6 is 15.9 Å². The number of hydrogen-bond donors (Lipinski definition) is 2. The van der Waals surface area contributed by atoms with Crippen molar-refractivity contribution in [3.05, 3.63) is 16.5 Å². The number of carboxylic acids is 1. The first-order valence-corrected chi connectivity index (χ1v) is 8.93. The summed E-state index contributed by atoms with van der Waals surface area (Å²) in [7, 11) is -3.79. The lowest BCUT2D eigenvalue weighted by atomic mass is 9.76. The number of nitrogens with one attached hydrogen (secondary N) is 1. The highest BCUT2D eigenvalue weighted by Crippen LogP contribution is 2.36. The highest BCUT2D eigenvalue weighted by atomic mass is 79.9. The highest BCUT2D eigenvalue weighted by molar-refractivity contribution is 9.10. The van der Waals surface area contributed by atoms with Crippen molar-refractivity contribution in [1.29, 1.82) is 0 Å². The van der Waals surface area contributed by atoms with Crippen LogP contribution in [0, 0.1) is 5.41 Å². The Morgan fingerprint density at radius 2 is 2.00 bits per heavy atom. The molecule has 1 aromatic rings. The summed E-state index contributed by atoms with van der Waals surface area (Å²) in [5.74, 6) is -1.72. The van der Waals surface area contributed by atoms with E-state index in [0.29, 0.717) is 0 Å². The number of carbonyl (C=O) groups is 1. The fourth-order valence-corrected chi connectivity index (χ4v) is 4.69. The van der Waals surface area contributed by atoms with E-state index >= 15 is 0 Å². The van der Waals surface area contributed by atoms with Gasteiger partial charge >= 0.3 is 5.97 Å². The van der Waals surface area contributed by atoms with Gasteiger partial charge in [-0.25, -0.2) is 17.9 Å². The number of aromatic carboxylic acids is 1. The standard InChI is InChI=1S/C13H18BrNO5S/c1-13(2)5-3-8(4-6-13)15-21(18,19)10-7-9(12(16)17)20-11(10)14/h7-8,15H,3-6H2,1-2H3,(H,16,17). The van der Waals surface area contributed by atoms with E-state index in [2.05, 4.69) is 34.5 Å². The van der Waals surface area contributed by atoms with Crippen LogP contribution in [0.2, 0.25) is 0 Å². The minimum atomic E-state index is -3.79. The monoisotopic (exact) mass is 379 g/mol. The second kappa shape index (κ2) is 5.73. The van der Waals surface area contributed by atoms with Gasteiger partial charge in [0.05, 0.1) is 0 Å². The molecule has 0 aliphatic heterocycles. The van der Waals surface area contributed by atoms with Gasteiger partial charge in [-0.05, 0) is 47.0 Å². The van der Waals surface area contributed by atoms with Crippen molar-refractivity contribution in [2.45, 2.75) is 50.5 Å². The lowest BCUT2D eigenvalue weighted by molar-refractivity contribution is 0.0661. The van der Waals surface area contributed by atoms with Crippen LogP contribution < -0.4 is 4.72 Å². The van der Waals surface area contributed by atoms with Gasteiger partial charge < -0.3 is 9.52 Å². The van der Waals surface area contributed by atoms with Crippen molar-refractivity contribution in [3.63, 3.8) is 0 Å². The van der Waals surface area contributed by atoms with Crippen molar-refractivity contribution in [2.24, 2.45) is 5.41 Å². The van der Waals surface area contributed by atoms with Crippen LogP contribution in [0.3, 0.4) is 0 Å². The molecule has 0 amide bonds. The Morgan fingerprint density at radius 3 is 2.48 bits per heavy atom. The summed E-state index contributed by atoms with van der Waals surface area (Å²) >= 11 is 2.95. The summed E-state index contributed by atoms with van der Waals surface area (Å²) in [4.78, 5) is 10.6. The Balaban J connectivity index is 2.14. The Kier molecular flexibility index (Phi) is 4.51. The summed E-state index contributed by atoms with van der Waals surface area (Å²) in [6.07, 6.45) is 3.45. The van der Waals surface area contributed by atoms with Gasteiger partial charge in [0, 0.05) is 12.1 Å². The fourth-order valence-electron chi connectivity index (χ4n) is 2.44. The Bertz CT molecular complexity index is 640. The SMILES string of the molecule is CC1(C)CCC(NS(=O)(=O)c2cc(C(=O)O)oc2Br)CC1. The third-order valence-corrected chi connectivity index (χ3v) is 6.19. The molecule has 6 nitrogen and oxygen atoms in total. The molecule has 0 unspecified atom stereocenters. The van der Waals surface area contributed by atoms with Gasteiger partial charge in [-0.2, -0.15) is 0 Å². The van der Waals surface area contributed by atoms with Crippen molar-refractivity contribution < 1.29 is 22.7 Å². The van der Waals surface area contributed by atoms with Gasteiger partial charge in [0.2, 0.25) is 15.8 Å². The second-order valence-electron chi connectivity index (χ2n) is 6.11. The van der Waals surface area contributed by atoms with E-state index in [1.165, 1.54) is 0 Å². The summed E-state index contributed by atoms with van der Waals surface area (Å²) in [6, 6.07) is 0.889.